The number of carbonyl (C=O) groups excluding carboxylic acids is 2. The maximum absolute atomic E-state index is 12.3. The van der Waals surface area contributed by atoms with Crippen LogP contribution in [0.25, 0.3) is 0 Å². The van der Waals surface area contributed by atoms with E-state index in [-0.39, 0.29) is 24.5 Å². The minimum atomic E-state index is -0.364. The van der Waals surface area contributed by atoms with Gasteiger partial charge < -0.3 is 9.47 Å². The van der Waals surface area contributed by atoms with Crippen molar-refractivity contribution < 1.29 is 19.1 Å². The molecule has 0 spiro atoms. The van der Waals surface area contributed by atoms with Gasteiger partial charge in [-0.25, -0.2) is 0 Å². The van der Waals surface area contributed by atoms with E-state index < -0.39 is 0 Å². The van der Waals surface area contributed by atoms with Crippen LogP contribution in [0.15, 0.2) is 48.5 Å². The van der Waals surface area contributed by atoms with Gasteiger partial charge in [-0.1, -0.05) is 24.3 Å². The van der Waals surface area contributed by atoms with Crippen LogP contribution in [0.4, 0.5) is 0 Å². The summed E-state index contributed by atoms with van der Waals surface area (Å²) in [4.78, 5) is 25.9. The molecule has 4 rings (SSSR count). The lowest BCUT2D eigenvalue weighted by molar-refractivity contribution is 0.0430. The highest BCUT2D eigenvalue weighted by Crippen LogP contribution is 2.32. The van der Waals surface area contributed by atoms with Gasteiger partial charge in [0.05, 0.1) is 17.7 Å². The Hall–Kier alpha value is -2.82. The van der Waals surface area contributed by atoms with E-state index >= 15 is 0 Å². The Balaban J connectivity index is 1.54. The summed E-state index contributed by atoms with van der Waals surface area (Å²) < 4.78 is 11.4. The third-order valence-corrected chi connectivity index (χ3v) is 3.83. The zero-order valence-electron chi connectivity index (χ0n) is 11.7. The van der Waals surface area contributed by atoms with E-state index in [1.807, 2.05) is 24.3 Å². The average molecular weight is 295 g/mol. The van der Waals surface area contributed by atoms with Crippen molar-refractivity contribution in [2.75, 3.05) is 13.2 Å². The Labute approximate surface area is 127 Å². The normalized spacial score (nSPS) is 19.3. The average Bonchev–Trinajstić information content (AvgIpc) is 2.80. The summed E-state index contributed by atoms with van der Waals surface area (Å²) in [6, 6.07) is 14.2. The molecule has 0 aliphatic carbocycles. The number of amides is 2. The van der Waals surface area contributed by atoms with Gasteiger partial charge in [-0.2, -0.15) is 0 Å². The van der Waals surface area contributed by atoms with Crippen LogP contribution in [0, 0.1) is 0 Å². The van der Waals surface area contributed by atoms with Crippen molar-refractivity contribution in [2.45, 2.75) is 6.10 Å². The van der Waals surface area contributed by atoms with Gasteiger partial charge in [-0.3, -0.25) is 14.5 Å². The van der Waals surface area contributed by atoms with Gasteiger partial charge in [0.25, 0.3) is 11.8 Å². The fraction of sp³-hybridized carbons (Fsp3) is 0.176. The second-order valence-corrected chi connectivity index (χ2v) is 5.26. The zero-order chi connectivity index (χ0) is 15.1. The molecular formula is C17H13NO4. The monoisotopic (exact) mass is 295 g/mol. The molecule has 5 heteroatoms. The maximum atomic E-state index is 12.3. The summed E-state index contributed by atoms with van der Waals surface area (Å²) >= 11 is 0. The van der Waals surface area contributed by atoms with E-state index in [4.69, 9.17) is 9.47 Å². The highest BCUT2D eigenvalue weighted by Gasteiger charge is 2.37. The molecule has 2 aliphatic heterocycles. The van der Waals surface area contributed by atoms with E-state index in [9.17, 15) is 9.59 Å². The molecule has 0 saturated heterocycles. The lowest BCUT2D eigenvalue weighted by atomic mass is 10.1. The van der Waals surface area contributed by atoms with Gasteiger partial charge in [-0.05, 0) is 24.3 Å². The number of nitrogens with zero attached hydrogens (tertiary/aromatic N) is 1. The second-order valence-electron chi connectivity index (χ2n) is 5.26. The number of benzene rings is 2. The van der Waals surface area contributed by atoms with Gasteiger partial charge in [0.15, 0.2) is 17.6 Å². The van der Waals surface area contributed by atoms with Crippen molar-refractivity contribution >= 4 is 11.8 Å². The molecule has 2 amide bonds. The van der Waals surface area contributed by atoms with Crippen molar-refractivity contribution in [1.82, 2.24) is 4.90 Å². The number of carbonyl (C=O) groups is 2. The van der Waals surface area contributed by atoms with Crippen molar-refractivity contribution in [3.63, 3.8) is 0 Å². The predicted octanol–water partition coefficient (Wildman–Crippen LogP) is 2.12. The number of imide groups is 1. The zero-order valence-corrected chi connectivity index (χ0v) is 11.7. The Morgan fingerprint density at radius 2 is 1.50 bits per heavy atom. The van der Waals surface area contributed by atoms with Crippen LogP contribution in [-0.2, 0) is 0 Å². The molecule has 0 saturated carbocycles. The van der Waals surface area contributed by atoms with E-state index in [2.05, 4.69) is 0 Å². The molecule has 22 heavy (non-hydrogen) atoms. The van der Waals surface area contributed by atoms with Gasteiger partial charge in [0.2, 0.25) is 0 Å². The number of rotatable bonds is 2. The maximum Gasteiger partial charge on any atom is 0.261 e. The van der Waals surface area contributed by atoms with Gasteiger partial charge in [0, 0.05) is 0 Å². The highest BCUT2D eigenvalue weighted by molar-refractivity contribution is 6.21. The molecule has 2 aromatic carbocycles. The molecule has 0 radical (unpaired) electrons. The van der Waals surface area contributed by atoms with E-state index in [0.717, 1.165) is 0 Å². The minimum absolute atomic E-state index is 0.181. The summed E-state index contributed by atoms with van der Waals surface area (Å²) in [7, 11) is 0. The van der Waals surface area contributed by atoms with Crippen LogP contribution in [0.3, 0.4) is 0 Å². The highest BCUT2D eigenvalue weighted by atomic mass is 16.6. The standard InChI is InChI=1S/C17H13NO4/c19-16-12-5-1-2-6-13(12)17(20)18(16)9-11-10-21-14-7-3-4-8-15(14)22-11/h1-8,11H,9-10H2/t11-/m1/s1. The van der Waals surface area contributed by atoms with Crippen LogP contribution in [0.2, 0.25) is 0 Å². The first kappa shape index (κ1) is 12.9. The fourth-order valence-electron chi connectivity index (χ4n) is 2.76. The number of hydrogen-bond acceptors (Lipinski definition) is 4. The van der Waals surface area contributed by atoms with E-state index in [1.54, 1.807) is 24.3 Å². The van der Waals surface area contributed by atoms with Crippen molar-refractivity contribution in [2.24, 2.45) is 0 Å². The smallest absolute Gasteiger partial charge is 0.261 e. The lowest BCUT2D eigenvalue weighted by Gasteiger charge is -2.28. The molecule has 2 aromatic rings. The summed E-state index contributed by atoms with van der Waals surface area (Å²) in [6.07, 6.45) is -0.364. The van der Waals surface area contributed by atoms with Gasteiger partial charge >= 0.3 is 0 Å². The second kappa shape index (κ2) is 4.87. The fourth-order valence-corrected chi connectivity index (χ4v) is 2.76. The molecule has 0 bridgehead atoms. The van der Waals surface area contributed by atoms with Crippen LogP contribution < -0.4 is 9.47 Å². The predicted molar refractivity (Wildman–Crippen MR) is 78.2 cm³/mol. The van der Waals surface area contributed by atoms with Gasteiger partial charge in [-0.15, -0.1) is 0 Å². The molecule has 5 nitrogen and oxygen atoms in total. The van der Waals surface area contributed by atoms with E-state index in [0.29, 0.717) is 29.2 Å². The Morgan fingerprint density at radius 1 is 0.909 bits per heavy atom. The molecule has 0 unspecified atom stereocenters. The summed E-state index contributed by atoms with van der Waals surface area (Å²) in [5.41, 5.74) is 0.897. The topological polar surface area (TPSA) is 55.8 Å². The van der Waals surface area contributed by atoms with Crippen LogP contribution in [0.5, 0.6) is 11.5 Å². The number of fused-ring (bicyclic) bond motifs is 2. The first-order valence-electron chi connectivity index (χ1n) is 7.08. The van der Waals surface area contributed by atoms with Crippen molar-refractivity contribution in [3.8, 4) is 11.5 Å². The number of hydrogen-bond donors (Lipinski definition) is 0. The summed E-state index contributed by atoms with van der Waals surface area (Å²) in [6.45, 7) is 0.491. The molecule has 110 valence electrons. The van der Waals surface area contributed by atoms with Crippen molar-refractivity contribution in [3.05, 3.63) is 59.7 Å². The number of ether oxygens (including phenoxy) is 2. The largest absolute Gasteiger partial charge is 0.486 e. The molecule has 0 aromatic heterocycles. The third-order valence-electron chi connectivity index (χ3n) is 3.83. The Morgan fingerprint density at radius 3 is 2.18 bits per heavy atom. The summed E-state index contributed by atoms with van der Waals surface area (Å²) in [5.74, 6) is 0.766. The lowest BCUT2D eigenvalue weighted by Crippen LogP contribution is -2.43. The van der Waals surface area contributed by atoms with E-state index in [1.165, 1.54) is 4.90 Å². The third kappa shape index (κ3) is 1.94. The first-order chi connectivity index (χ1) is 10.7. The summed E-state index contributed by atoms with van der Waals surface area (Å²) in [5, 5.41) is 0. The molecule has 0 fully saturated rings. The van der Waals surface area contributed by atoms with Crippen LogP contribution >= 0.6 is 0 Å². The SMILES string of the molecule is O=C1c2ccccc2C(=O)N1C[C@@H]1COc2ccccc2O1. The quantitative estimate of drug-likeness (QED) is 0.796. The molecule has 2 heterocycles. The Kier molecular flexibility index (Phi) is 2.85. The number of para-hydroxylation sites is 2. The van der Waals surface area contributed by atoms with Crippen LogP contribution in [0.1, 0.15) is 20.7 Å². The van der Waals surface area contributed by atoms with Crippen molar-refractivity contribution in [1.29, 1.82) is 0 Å². The Bertz CT molecular complexity index is 736. The minimum Gasteiger partial charge on any atom is -0.486 e. The van der Waals surface area contributed by atoms with Crippen LogP contribution in [-0.4, -0.2) is 36.0 Å². The molecule has 1 atom stereocenters. The first-order valence-corrected chi connectivity index (χ1v) is 7.08. The molecule has 0 N–H and O–H groups in total. The molecule has 2 aliphatic rings. The van der Waals surface area contributed by atoms with Gasteiger partial charge in [0.1, 0.15) is 6.61 Å². The molecular weight excluding hydrogens is 282 g/mol.